The van der Waals surface area contributed by atoms with Crippen LogP contribution in [0.3, 0.4) is 0 Å². The number of hydrazone groups is 1. The van der Waals surface area contributed by atoms with Gasteiger partial charge in [-0.15, -0.1) is 0 Å². The Kier molecular flexibility index (Phi) is 8.17. The zero-order valence-corrected chi connectivity index (χ0v) is 16.1. The number of nitrogens with one attached hydrogen (secondary N) is 2. The summed E-state index contributed by atoms with van der Waals surface area (Å²) in [4.78, 5) is 37.2. The molecule has 1 aliphatic rings. The number of benzene rings is 1. The van der Waals surface area contributed by atoms with E-state index in [1.165, 1.54) is 6.21 Å². The number of carbonyl (C=O) groups excluding carboxylic acids is 3. The maximum atomic E-state index is 12.5. The van der Waals surface area contributed by atoms with Crippen molar-refractivity contribution in [1.82, 2.24) is 10.7 Å². The van der Waals surface area contributed by atoms with Crippen molar-refractivity contribution in [3.05, 3.63) is 35.9 Å². The highest BCUT2D eigenvalue weighted by atomic mass is 16.2. The second-order valence-electron chi connectivity index (χ2n) is 7.50. The van der Waals surface area contributed by atoms with E-state index in [9.17, 15) is 14.4 Å². The quantitative estimate of drug-likeness (QED) is 0.418. The third-order valence-electron chi connectivity index (χ3n) is 4.72. The summed E-state index contributed by atoms with van der Waals surface area (Å²) in [5, 5.41) is 6.64. The first-order valence-electron chi connectivity index (χ1n) is 9.70. The van der Waals surface area contributed by atoms with Gasteiger partial charge in [0.05, 0.1) is 12.3 Å². The number of Topliss-reactive ketones (excluding diaryl/α,β-unsaturated/α-hetero) is 1. The van der Waals surface area contributed by atoms with Gasteiger partial charge in [0.1, 0.15) is 0 Å². The fraction of sp³-hybridized carbons (Fsp3) is 0.524. The van der Waals surface area contributed by atoms with E-state index in [4.69, 9.17) is 0 Å². The summed E-state index contributed by atoms with van der Waals surface area (Å²) in [6.07, 6.45) is 6.82. The molecule has 0 aliphatic heterocycles. The number of carbonyl (C=O) groups is 3. The van der Waals surface area contributed by atoms with Crippen molar-refractivity contribution in [2.75, 3.05) is 0 Å². The van der Waals surface area contributed by atoms with Crippen molar-refractivity contribution in [2.45, 2.75) is 58.4 Å². The monoisotopic (exact) mass is 371 g/mol. The predicted molar refractivity (Wildman–Crippen MR) is 105 cm³/mol. The van der Waals surface area contributed by atoms with E-state index in [2.05, 4.69) is 15.8 Å². The second-order valence-corrected chi connectivity index (χ2v) is 7.50. The third kappa shape index (κ3) is 6.96. The van der Waals surface area contributed by atoms with Crippen LogP contribution in [0.4, 0.5) is 0 Å². The summed E-state index contributed by atoms with van der Waals surface area (Å²) in [7, 11) is 0. The Balaban J connectivity index is 1.94. The molecule has 0 saturated heterocycles. The van der Waals surface area contributed by atoms with E-state index >= 15 is 0 Å². The van der Waals surface area contributed by atoms with E-state index in [1.807, 2.05) is 44.2 Å². The molecule has 1 saturated carbocycles. The molecule has 6 heteroatoms. The normalized spacial score (nSPS) is 16.3. The Hall–Kier alpha value is -2.50. The van der Waals surface area contributed by atoms with E-state index in [1.54, 1.807) is 0 Å². The molecule has 27 heavy (non-hydrogen) atoms. The minimum atomic E-state index is -0.814. The molecule has 1 aromatic carbocycles. The second kappa shape index (κ2) is 10.6. The van der Waals surface area contributed by atoms with Gasteiger partial charge in [-0.1, -0.05) is 63.4 Å². The number of amides is 2. The molecule has 1 aromatic rings. The molecule has 1 atom stereocenters. The number of ketones is 1. The Bertz CT molecular complexity index is 665. The number of hydrogen-bond donors (Lipinski definition) is 2. The summed E-state index contributed by atoms with van der Waals surface area (Å²) < 4.78 is 0. The molecule has 0 unspecified atom stereocenters. The zero-order chi connectivity index (χ0) is 19.6. The van der Waals surface area contributed by atoms with Gasteiger partial charge in [0.2, 0.25) is 11.7 Å². The van der Waals surface area contributed by atoms with Crippen LogP contribution in [0.25, 0.3) is 0 Å². The summed E-state index contributed by atoms with van der Waals surface area (Å²) >= 11 is 0. The van der Waals surface area contributed by atoms with Crippen molar-refractivity contribution in [1.29, 1.82) is 0 Å². The van der Waals surface area contributed by atoms with Gasteiger partial charge < -0.3 is 5.32 Å². The van der Waals surface area contributed by atoms with E-state index in [0.29, 0.717) is 6.42 Å². The maximum Gasteiger partial charge on any atom is 0.309 e. The number of rotatable bonds is 8. The number of hydrogen-bond acceptors (Lipinski definition) is 4. The molecule has 146 valence electrons. The van der Waals surface area contributed by atoms with Crippen molar-refractivity contribution in [3.8, 4) is 0 Å². The van der Waals surface area contributed by atoms with Gasteiger partial charge in [0, 0.05) is 5.92 Å². The van der Waals surface area contributed by atoms with E-state index < -0.39 is 17.7 Å². The maximum absolute atomic E-state index is 12.5. The Labute approximate surface area is 160 Å². The van der Waals surface area contributed by atoms with Gasteiger partial charge in [0.25, 0.3) is 0 Å². The Morgan fingerprint density at radius 2 is 1.78 bits per heavy atom. The summed E-state index contributed by atoms with van der Waals surface area (Å²) in [6.45, 7) is 3.91. The lowest BCUT2D eigenvalue weighted by Crippen LogP contribution is -2.49. The van der Waals surface area contributed by atoms with Crippen LogP contribution < -0.4 is 10.7 Å². The lowest BCUT2D eigenvalue weighted by molar-refractivity contribution is -0.140. The van der Waals surface area contributed by atoms with Gasteiger partial charge in [0.15, 0.2) is 0 Å². The van der Waals surface area contributed by atoms with Crippen LogP contribution in [0.2, 0.25) is 0 Å². The highest BCUT2D eigenvalue weighted by Gasteiger charge is 2.30. The van der Waals surface area contributed by atoms with Crippen molar-refractivity contribution in [3.63, 3.8) is 0 Å². The molecular weight excluding hydrogens is 342 g/mol. The molecule has 2 rings (SSSR count). The first-order chi connectivity index (χ1) is 13.0. The predicted octanol–water partition coefficient (Wildman–Crippen LogP) is 2.82. The molecule has 0 aromatic heterocycles. The first-order valence-corrected chi connectivity index (χ1v) is 9.70. The average molecular weight is 371 g/mol. The number of nitrogens with zero attached hydrogens (tertiary/aromatic N) is 1. The highest BCUT2D eigenvalue weighted by Crippen LogP contribution is 2.24. The molecule has 0 spiro atoms. The van der Waals surface area contributed by atoms with Crippen LogP contribution in [0, 0.1) is 11.8 Å². The lowest BCUT2D eigenvalue weighted by atomic mass is 9.88. The third-order valence-corrected chi connectivity index (χ3v) is 4.72. The van der Waals surface area contributed by atoms with Gasteiger partial charge in [-0.2, -0.15) is 5.10 Å². The highest BCUT2D eigenvalue weighted by molar-refractivity contribution is 6.38. The van der Waals surface area contributed by atoms with Crippen LogP contribution in [-0.2, 0) is 14.4 Å². The minimum Gasteiger partial charge on any atom is -0.345 e. The fourth-order valence-electron chi connectivity index (χ4n) is 3.28. The smallest absolute Gasteiger partial charge is 0.309 e. The van der Waals surface area contributed by atoms with Gasteiger partial charge >= 0.3 is 5.91 Å². The topological polar surface area (TPSA) is 87.6 Å². The summed E-state index contributed by atoms with van der Waals surface area (Å²) in [5.41, 5.74) is 3.08. The largest absolute Gasteiger partial charge is 0.345 e. The standard InChI is InChI=1S/C21H29N3O3/c1-15(2)13-18(23-20(26)17-11-7-4-8-12-17)19(25)21(27)24-22-14-16-9-5-3-6-10-16/h3,5-6,9-10,14-15,17-18H,4,7-8,11-13H2,1-2H3,(H,23,26)(H,24,27)/b22-14+/t18-/m0/s1. The molecule has 0 radical (unpaired) electrons. The van der Waals surface area contributed by atoms with E-state index in [-0.39, 0.29) is 17.7 Å². The minimum absolute atomic E-state index is 0.0552. The molecule has 0 bridgehead atoms. The van der Waals surface area contributed by atoms with Crippen LogP contribution in [0.1, 0.15) is 57.9 Å². The molecule has 1 aliphatic carbocycles. The molecular formula is C21H29N3O3. The van der Waals surface area contributed by atoms with Crippen molar-refractivity contribution >= 4 is 23.8 Å². The first kappa shape index (κ1) is 20.8. The molecule has 2 N–H and O–H groups in total. The summed E-state index contributed by atoms with van der Waals surface area (Å²) in [5.74, 6) is -1.46. The van der Waals surface area contributed by atoms with Gasteiger partial charge in [-0.25, -0.2) is 5.43 Å². The molecule has 1 fully saturated rings. The van der Waals surface area contributed by atoms with Crippen LogP contribution in [0.5, 0.6) is 0 Å². The lowest BCUT2D eigenvalue weighted by Gasteiger charge is -2.24. The Morgan fingerprint density at radius 3 is 2.41 bits per heavy atom. The van der Waals surface area contributed by atoms with Crippen molar-refractivity contribution in [2.24, 2.45) is 16.9 Å². The van der Waals surface area contributed by atoms with E-state index in [0.717, 1.165) is 37.7 Å². The molecule has 6 nitrogen and oxygen atoms in total. The van der Waals surface area contributed by atoms with Gasteiger partial charge in [-0.3, -0.25) is 14.4 Å². The SMILES string of the molecule is CC(C)C[C@H](NC(=O)C1CCCCC1)C(=O)C(=O)N/N=C/c1ccccc1. The summed E-state index contributed by atoms with van der Waals surface area (Å²) in [6, 6.07) is 8.45. The average Bonchev–Trinajstić information content (AvgIpc) is 2.68. The Morgan fingerprint density at radius 1 is 1.11 bits per heavy atom. The molecule has 2 amide bonds. The van der Waals surface area contributed by atoms with Gasteiger partial charge in [-0.05, 0) is 30.7 Å². The van der Waals surface area contributed by atoms with Crippen LogP contribution in [0.15, 0.2) is 35.4 Å². The van der Waals surface area contributed by atoms with Crippen LogP contribution in [-0.4, -0.2) is 29.9 Å². The molecule has 0 heterocycles. The zero-order valence-electron chi connectivity index (χ0n) is 16.1. The van der Waals surface area contributed by atoms with Crippen molar-refractivity contribution < 1.29 is 14.4 Å². The van der Waals surface area contributed by atoms with Crippen LogP contribution >= 0.6 is 0 Å². The fourth-order valence-corrected chi connectivity index (χ4v) is 3.28.